The van der Waals surface area contributed by atoms with Gasteiger partial charge in [-0.1, -0.05) is 49.6 Å². The Morgan fingerprint density at radius 3 is 2.00 bits per heavy atom. The molecule has 0 amide bonds. The second-order valence-corrected chi connectivity index (χ2v) is 13.1. The van der Waals surface area contributed by atoms with Crippen LogP contribution in [0.4, 0.5) is 10.1 Å². The van der Waals surface area contributed by atoms with Crippen LogP contribution in [-0.2, 0) is 0 Å². The Hall–Kier alpha value is -1.19. The average molecular weight is 400 g/mol. The predicted molar refractivity (Wildman–Crippen MR) is 98.7 cm³/mol. The molecule has 1 aromatic carbocycles. The van der Waals surface area contributed by atoms with Gasteiger partial charge in [0.2, 0.25) is 0 Å². The minimum Gasteiger partial charge on any atom is -0.278 e. The van der Waals surface area contributed by atoms with E-state index in [1.165, 1.54) is 6.07 Å². The lowest BCUT2D eigenvalue weighted by Gasteiger charge is -2.50. The van der Waals surface area contributed by atoms with E-state index in [4.69, 9.17) is 0 Å². The molecule has 6 heteroatoms. The molecule has 1 rings (SSSR count). The van der Waals surface area contributed by atoms with E-state index in [0.29, 0.717) is 16.6 Å². The average Bonchev–Trinajstić information content (AvgIpc) is 2.41. The number of rotatable bonds is 4. The summed E-state index contributed by atoms with van der Waals surface area (Å²) in [4.78, 5) is 10.7. The molecule has 0 saturated heterocycles. The molecule has 0 N–H and O–H groups in total. The topological polar surface area (TPSA) is 43.1 Å². The summed E-state index contributed by atoms with van der Waals surface area (Å²) < 4.78 is 13.9. The van der Waals surface area contributed by atoms with Gasteiger partial charge < -0.3 is 0 Å². The summed E-state index contributed by atoms with van der Waals surface area (Å²) in [6.45, 7) is 13.0. The summed E-state index contributed by atoms with van der Waals surface area (Å²) in [6, 6.07) is 2.33. The highest BCUT2D eigenvalue weighted by atomic mass is 79.9. The molecule has 23 heavy (non-hydrogen) atoms. The van der Waals surface area contributed by atoms with Crippen LogP contribution >= 0.6 is 15.9 Å². The zero-order valence-electron chi connectivity index (χ0n) is 14.4. The summed E-state index contributed by atoms with van der Waals surface area (Å²) in [6.07, 6.45) is 0. The van der Waals surface area contributed by atoms with Crippen molar-refractivity contribution in [2.75, 3.05) is 0 Å². The van der Waals surface area contributed by atoms with Gasteiger partial charge in [0, 0.05) is 6.07 Å². The molecule has 0 heterocycles. The number of hydrogen-bond acceptors (Lipinski definition) is 2. The number of benzene rings is 1. The SMILES string of the molecule is CC(C)[Si-](C#Cc1cc(F)c(Br)cc1[N+](=O)[O-])(C(C)C)C(C)C. The zero-order chi connectivity index (χ0) is 17.9. The van der Waals surface area contributed by atoms with E-state index in [1.807, 2.05) is 0 Å². The van der Waals surface area contributed by atoms with Gasteiger partial charge in [0.25, 0.3) is 5.69 Å². The van der Waals surface area contributed by atoms with E-state index in [9.17, 15) is 14.5 Å². The standard InChI is InChI=1S/C17H23BrFNO2Si/c1-11(2)23(12(3)4,13(5)6)8-7-14-9-16(19)15(18)10-17(14)20(21)22/h9-13H,1-6H3/q-1. The van der Waals surface area contributed by atoms with Gasteiger partial charge in [-0.15, -0.1) is 22.5 Å². The van der Waals surface area contributed by atoms with Gasteiger partial charge in [-0.25, -0.2) is 4.39 Å². The number of nitro benzene ring substituents is 1. The van der Waals surface area contributed by atoms with Gasteiger partial charge in [0.1, 0.15) is 11.4 Å². The van der Waals surface area contributed by atoms with Gasteiger partial charge in [-0.3, -0.25) is 15.7 Å². The van der Waals surface area contributed by atoms with Crippen molar-refractivity contribution in [2.24, 2.45) is 0 Å². The Labute approximate surface area is 147 Å². The smallest absolute Gasteiger partial charge is 0.278 e. The lowest BCUT2D eigenvalue weighted by molar-refractivity contribution is -0.385. The molecule has 0 spiro atoms. The molecular weight excluding hydrogens is 377 g/mol. The third kappa shape index (κ3) is 4.02. The van der Waals surface area contributed by atoms with Crippen molar-refractivity contribution < 1.29 is 9.31 Å². The van der Waals surface area contributed by atoms with Crippen molar-refractivity contribution in [2.45, 2.75) is 58.2 Å². The van der Waals surface area contributed by atoms with Crippen LogP contribution in [0.1, 0.15) is 47.1 Å². The summed E-state index contributed by atoms with van der Waals surface area (Å²) in [7, 11) is -2.02. The molecule has 0 fully saturated rings. The molecular formula is C17H23BrFNO2Si-. The summed E-state index contributed by atoms with van der Waals surface area (Å²) >= 11 is 2.99. The van der Waals surface area contributed by atoms with E-state index in [2.05, 4.69) is 68.9 Å². The lowest BCUT2D eigenvalue weighted by Crippen LogP contribution is -2.43. The molecule has 0 aliphatic heterocycles. The Bertz CT molecular complexity index is 641. The number of hydrogen-bond donors (Lipinski definition) is 0. The third-order valence-corrected chi connectivity index (χ3v) is 11.4. The Morgan fingerprint density at radius 2 is 1.61 bits per heavy atom. The highest BCUT2D eigenvalue weighted by Gasteiger charge is 2.29. The molecule has 0 bridgehead atoms. The molecule has 0 atom stereocenters. The molecule has 0 unspecified atom stereocenters. The van der Waals surface area contributed by atoms with Crippen LogP contribution in [0.3, 0.4) is 0 Å². The molecule has 1 aromatic rings. The molecule has 0 aromatic heterocycles. The van der Waals surface area contributed by atoms with Crippen LogP contribution in [0.2, 0.25) is 16.6 Å². The van der Waals surface area contributed by atoms with E-state index in [1.54, 1.807) is 0 Å². The van der Waals surface area contributed by atoms with E-state index in [-0.39, 0.29) is 15.7 Å². The van der Waals surface area contributed by atoms with Crippen LogP contribution in [0, 0.1) is 27.4 Å². The normalized spacial score (nSPS) is 11.8. The lowest BCUT2D eigenvalue weighted by atomic mass is 10.2. The van der Waals surface area contributed by atoms with Crippen molar-refractivity contribution in [3.63, 3.8) is 0 Å². The first-order valence-corrected chi connectivity index (χ1v) is 10.7. The fourth-order valence-electron chi connectivity index (χ4n) is 3.40. The van der Waals surface area contributed by atoms with Crippen LogP contribution < -0.4 is 0 Å². The van der Waals surface area contributed by atoms with Crippen molar-refractivity contribution in [1.29, 1.82) is 0 Å². The van der Waals surface area contributed by atoms with Gasteiger partial charge in [0.05, 0.1) is 9.40 Å². The van der Waals surface area contributed by atoms with Crippen LogP contribution in [0.15, 0.2) is 16.6 Å². The maximum atomic E-state index is 13.8. The second-order valence-electron chi connectivity index (χ2n) is 6.69. The van der Waals surface area contributed by atoms with E-state index >= 15 is 0 Å². The maximum Gasteiger partial charge on any atom is 0.286 e. The largest absolute Gasteiger partial charge is 0.286 e. The first-order valence-electron chi connectivity index (χ1n) is 7.70. The predicted octanol–water partition coefficient (Wildman–Crippen LogP) is 6.07. The number of halogens is 2. The number of nitrogens with zero attached hydrogens (tertiary/aromatic N) is 1. The van der Waals surface area contributed by atoms with E-state index < -0.39 is 18.8 Å². The summed E-state index contributed by atoms with van der Waals surface area (Å²) in [5.74, 6) is 2.42. The first-order chi connectivity index (χ1) is 10.5. The first kappa shape index (κ1) is 19.9. The van der Waals surface area contributed by atoms with Crippen LogP contribution in [-0.4, -0.2) is 13.0 Å². The molecule has 127 valence electrons. The highest BCUT2D eigenvalue weighted by molar-refractivity contribution is 9.10. The minimum atomic E-state index is -2.02. The van der Waals surface area contributed by atoms with Crippen molar-refractivity contribution in [1.82, 2.24) is 0 Å². The van der Waals surface area contributed by atoms with Crippen LogP contribution in [0.25, 0.3) is 0 Å². The zero-order valence-corrected chi connectivity index (χ0v) is 17.0. The Morgan fingerprint density at radius 1 is 1.13 bits per heavy atom. The fourth-order valence-corrected chi connectivity index (χ4v) is 8.94. The molecule has 0 aliphatic rings. The Kier molecular flexibility index (Phi) is 6.55. The van der Waals surface area contributed by atoms with Crippen molar-refractivity contribution in [3.05, 3.63) is 38.1 Å². The van der Waals surface area contributed by atoms with Gasteiger partial charge in [0.15, 0.2) is 0 Å². The number of nitro groups is 1. The summed E-state index contributed by atoms with van der Waals surface area (Å²) in [5, 5.41) is 11.2. The maximum absolute atomic E-state index is 13.8. The quantitative estimate of drug-likeness (QED) is 0.267. The van der Waals surface area contributed by atoms with Gasteiger partial charge in [-0.2, -0.15) is 0 Å². The highest BCUT2D eigenvalue weighted by Crippen LogP contribution is 2.41. The van der Waals surface area contributed by atoms with Crippen molar-refractivity contribution in [3.8, 4) is 11.5 Å². The summed E-state index contributed by atoms with van der Waals surface area (Å²) in [5.41, 5.74) is 4.61. The Balaban J connectivity index is 3.55. The van der Waals surface area contributed by atoms with Gasteiger partial charge >= 0.3 is 0 Å². The second kappa shape index (κ2) is 7.58. The third-order valence-electron chi connectivity index (χ3n) is 4.52. The fraction of sp³-hybridized carbons (Fsp3) is 0.529. The monoisotopic (exact) mass is 399 g/mol. The minimum absolute atomic E-state index is 0.0786. The molecule has 3 nitrogen and oxygen atoms in total. The van der Waals surface area contributed by atoms with E-state index in [0.717, 1.165) is 6.07 Å². The molecule has 0 saturated carbocycles. The molecule has 0 aliphatic carbocycles. The van der Waals surface area contributed by atoms with Gasteiger partial charge in [-0.05, 0) is 22.0 Å². The molecule has 0 radical (unpaired) electrons. The van der Waals surface area contributed by atoms with Crippen LogP contribution in [0.5, 0.6) is 0 Å². The van der Waals surface area contributed by atoms with Crippen molar-refractivity contribution >= 4 is 29.7 Å².